The highest BCUT2D eigenvalue weighted by atomic mass is 16.4. The van der Waals surface area contributed by atoms with Gasteiger partial charge >= 0.3 is 29.8 Å². The van der Waals surface area contributed by atoms with Crippen LogP contribution in [0.3, 0.4) is 0 Å². The first-order valence-electron chi connectivity index (χ1n) is 13.0. The Labute approximate surface area is 255 Å². The quantitative estimate of drug-likeness (QED) is 0.108. The van der Waals surface area contributed by atoms with Gasteiger partial charge in [-0.05, 0) is 38.1 Å². The zero-order valence-corrected chi connectivity index (χ0v) is 25.7. The molecule has 0 spiro atoms. The van der Waals surface area contributed by atoms with Crippen molar-refractivity contribution < 1.29 is 59.1 Å². The fourth-order valence-corrected chi connectivity index (χ4v) is 1.78. The lowest BCUT2D eigenvalue weighted by atomic mass is 10.1. The Morgan fingerprint density at radius 2 is 1.07 bits per heavy atom. The predicted molar refractivity (Wildman–Crippen MR) is 159 cm³/mol. The zero-order valence-electron chi connectivity index (χ0n) is 25.7. The van der Waals surface area contributed by atoms with Crippen LogP contribution in [0.2, 0.25) is 0 Å². The second kappa shape index (κ2) is 29.1. The topological polar surface area (TPSA) is 415 Å². The highest BCUT2D eigenvalue weighted by Crippen LogP contribution is 2.03. The zero-order chi connectivity index (χ0) is 36.3. The van der Waals surface area contributed by atoms with Gasteiger partial charge < -0.3 is 71.0 Å². The second-order valence-corrected chi connectivity index (χ2v) is 9.61. The number of aliphatic carboxylic acids is 5. The summed E-state index contributed by atoms with van der Waals surface area (Å²) in [6.45, 7) is 9.11. The molecular formula is C24H52N8O12. The maximum atomic E-state index is 10.1. The summed E-state index contributed by atoms with van der Waals surface area (Å²) in [5, 5.41) is 43.1. The number of carboxylic acid groups (broad SMARTS) is 5. The van der Waals surface area contributed by atoms with Gasteiger partial charge in [-0.3, -0.25) is 33.6 Å². The standard InChI is InChI=1S/C5H9NO2.2C5H11NO2.C4H9N3O2.C3H7NO2.C2H5NO2/c7-5(8)4-2-1-3-6-4;2*1-3(2)4(6)5(7)8;5-2(4(7)9)1-3(6)8;1-2(4)3(5)6;3-1-2(4)5/h4,6H,1-3H2,(H,7,8);2*3-4H,6H2,1-2H3,(H,7,8);2H,1,5H2,(H2,6,8)(H2,7,9);2H,4H2,1H3,(H,5,6);1,3H2,(H,4,5)/t3*4-;2*2-;/m00000./s1. The molecule has 5 atom stereocenters. The highest BCUT2D eigenvalue weighted by Gasteiger charge is 2.20. The van der Waals surface area contributed by atoms with E-state index in [0.717, 1.165) is 19.4 Å². The maximum Gasteiger partial charge on any atom is 0.320 e. The summed E-state index contributed by atoms with van der Waals surface area (Å²) < 4.78 is 0. The molecule has 20 N–H and O–H groups in total. The average Bonchev–Trinajstić information content (AvgIpc) is 3.44. The van der Waals surface area contributed by atoms with E-state index in [1.54, 1.807) is 27.7 Å². The first-order valence-corrected chi connectivity index (χ1v) is 13.0. The van der Waals surface area contributed by atoms with Crippen LogP contribution in [0.1, 0.15) is 53.9 Å². The largest absolute Gasteiger partial charge is 0.480 e. The van der Waals surface area contributed by atoms with E-state index in [0.29, 0.717) is 0 Å². The van der Waals surface area contributed by atoms with E-state index in [4.69, 9.17) is 59.9 Å². The number of carbonyl (C=O) groups is 7. The molecule has 20 heteroatoms. The Kier molecular flexibility index (Phi) is 32.9. The molecular weight excluding hydrogens is 592 g/mol. The van der Waals surface area contributed by atoms with E-state index >= 15 is 0 Å². The van der Waals surface area contributed by atoms with Crippen LogP contribution in [0.25, 0.3) is 0 Å². The predicted octanol–water partition coefficient (Wildman–Crippen LogP) is -3.95. The van der Waals surface area contributed by atoms with Crippen molar-refractivity contribution in [3.8, 4) is 0 Å². The SMILES string of the molecule is CC(C)[C@H](N)C(=O)O.CC(C)[C@H](N)C(=O)O.C[C@H](N)C(=O)O.NC(=O)C[C@H](N)C(N)=O.NCC(=O)O.O=C(O)[C@@H]1CCCN1. The number of hydrogen-bond donors (Lipinski definition) is 13. The Bertz CT molecular complexity index is 826. The van der Waals surface area contributed by atoms with Gasteiger partial charge in [0.05, 0.1) is 19.0 Å². The van der Waals surface area contributed by atoms with E-state index in [-0.39, 0.29) is 30.8 Å². The van der Waals surface area contributed by atoms with Gasteiger partial charge in [0, 0.05) is 0 Å². The van der Waals surface area contributed by atoms with Crippen molar-refractivity contribution in [3.63, 3.8) is 0 Å². The molecule has 0 aromatic rings. The molecule has 0 bridgehead atoms. The second-order valence-electron chi connectivity index (χ2n) is 9.61. The molecule has 2 amide bonds. The Balaban J connectivity index is -0.000000140. The molecule has 1 aliphatic rings. The molecule has 0 unspecified atom stereocenters. The molecule has 1 aliphatic heterocycles. The molecule has 1 fully saturated rings. The fourth-order valence-electron chi connectivity index (χ4n) is 1.78. The number of nitrogens with one attached hydrogen (secondary N) is 1. The van der Waals surface area contributed by atoms with Crippen LogP contribution in [0.4, 0.5) is 0 Å². The minimum Gasteiger partial charge on any atom is -0.480 e. The number of rotatable bonds is 10. The van der Waals surface area contributed by atoms with E-state index in [1.165, 1.54) is 6.92 Å². The van der Waals surface area contributed by atoms with Crippen molar-refractivity contribution in [2.75, 3.05) is 13.1 Å². The lowest BCUT2D eigenvalue weighted by Crippen LogP contribution is -2.39. The van der Waals surface area contributed by atoms with E-state index in [1.807, 2.05) is 0 Å². The number of carboxylic acids is 5. The summed E-state index contributed by atoms with van der Waals surface area (Å²) in [5.74, 6) is -5.81. The number of nitrogens with two attached hydrogens (primary N) is 7. The third kappa shape index (κ3) is 38.0. The number of primary amides is 2. The molecule has 20 nitrogen and oxygen atoms in total. The monoisotopic (exact) mass is 644 g/mol. The summed E-state index contributed by atoms with van der Waals surface area (Å²) in [6, 6.07) is -3.37. The van der Waals surface area contributed by atoms with Crippen molar-refractivity contribution >= 4 is 41.7 Å². The fraction of sp³-hybridized carbons (Fsp3) is 0.708. The molecule has 0 radical (unpaired) electrons. The van der Waals surface area contributed by atoms with Gasteiger partial charge in [0.2, 0.25) is 11.8 Å². The molecule has 44 heavy (non-hydrogen) atoms. The van der Waals surface area contributed by atoms with Crippen LogP contribution in [0.15, 0.2) is 0 Å². The van der Waals surface area contributed by atoms with Crippen molar-refractivity contribution in [2.45, 2.75) is 84.1 Å². The van der Waals surface area contributed by atoms with Crippen molar-refractivity contribution in [3.05, 3.63) is 0 Å². The van der Waals surface area contributed by atoms with Crippen LogP contribution in [-0.2, 0) is 33.6 Å². The van der Waals surface area contributed by atoms with Crippen molar-refractivity contribution in [2.24, 2.45) is 52.0 Å². The minimum atomic E-state index is -0.968. The molecule has 260 valence electrons. The number of amides is 2. The summed E-state index contributed by atoms with van der Waals surface area (Å²) in [5.41, 5.74) is 34.2. The van der Waals surface area contributed by atoms with Crippen molar-refractivity contribution in [1.29, 1.82) is 0 Å². The van der Waals surface area contributed by atoms with E-state index < -0.39 is 65.8 Å². The Morgan fingerprint density at radius 3 is 1.14 bits per heavy atom. The maximum absolute atomic E-state index is 10.1. The van der Waals surface area contributed by atoms with Gasteiger partial charge in [-0.15, -0.1) is 0 Å². The van der Waals surface area contributed by atoms with Crippen LogP contribution in [-0.4, -0.2) is 110 Å². The Morgan fingerprint density at radius 1 is 0.727 bits per heavy atom. The van der Waals surface area contributed by atoms with Gasteiger partial charge in [-0.25, -0.2) is 0 Å². The molecule has 0 aromatic heterocycles. The first-order chi connectivity index (χ1) is 19.9. The Hall–Kier alpha value is -3.95. The van der Waals surface area contributed by atoms with Gasteiger partial charge in [0.1, 0.15) is 24.2 Å². The van der Waals surface area contributed by atoms with Crippen molar-refractivity contribution in [1.82, 2.24) is 5.32 Å². The molecule has 1 saturated heterocycles. The molecule has 0 saturated carbocycles. The lowest BCUT2D eigenvalue weighted by Gasteiger charge is -2.07. The van der Waals surface area contributed by atoms with Gasteiger partial charge in [0.25, 0.3) is 0 Å². The summed E-state index contributed by atoms with van der Waals surface area (Å²) in [4.78, 5) is 69.2. The van der Waals surface area contributed by atoms with Crippen LogP contribution in [0.5, 0.6) is 0 Å². The highest BCUT2D eigenvalue weighted by molar-refractivity contribution is 5.86. The summed E-state index contributed by atoms with van der Waals surface area (Å²) >= 11 is 0. The molecule has 1 heterocycles. The van der Waals surface area contributed by atoms with Gasteiger partial charge in [-0.1, -0.05) is 27.7 Å². The van der Waals surface area contributed by atoms with Gasteiger partial charge in [0.15, 0.2) is 0 Å². The lowest BCUT2D eigenvalue weighted by molar-refractivity contribution is -0.140. The normalized spacial score (nSPS) is 15.5. The smallest absolute Gasteiger partial charge is 0.320 e. The molecule has 0 aliphatic carbocycles. The molecule has 1 rings (SSSR count). The van der Waals surface area contributed by atoms with Gasteiger partial charge in [-0.2, -0.15) is 0 Å². The van der Waals surface area contributed by atoms with Crippen LogP contribution >= 0.6 is 0 Å². The van der Waals surface area contributed by atoms with Crippen LogP contribution in [0, 0.1) is 11.8 Å². The van der Waals surface area contributed by atoms with Crippen LogP contribution < -0.4 is 45.5 Å². The summed E-state index contributed by atoms with van der Waals surface area (Å²) in [7, 11) is 0. The van der Waals surface area contributed by atoms with E-state index in [9.17, 15) is 33.6 Å². The summed E-state index contributed by atoms with van der Waals surface area (Å²) in [6.07, 6.45) is 1.60. The number of carbonyl (C=O) groups excluding carboxylic acids is 2. The van der Waals surface area contributed by atoms with E-state index in [2.05, 4.69) is 11.1 Å². The number of hydrogen-bond acceptors (Lipinski definition) is 13. The third-order valence-electron chi connectivity index (χ3n) is 4.72. The average molecular weight is 645 g/mol. The minimum absolute atomic E-state index is 0.0208. The third-order valence-corrected chi connectivity index (χ3v) is 4.72. The first kappa shape index (κ1) is 49.7. The molecule has 0 aromatic carbocycles.